The van der Waals surface area contributed by atoms with Crippen molar-refractivity contribution >= 4 is 87.6 Å². The second kappa shape index (κ2) is 20.3. The van der Waals surface area contributed by atoms with Gasteiger partial charge < -0.3 is 14.9 Å². The molecular formula is C27H41ClI2KN3O3Si2. The van der Waals surface area contributed by atoms with E-state index in [0.29, 0.717) is 12.8 Å². The van der Waals surface area contributed by atoms with Crippen LogP contribution in [0.4, 0.5) is 0 Å². The van der Waals surface area contributed by atoms with Gasteiger partial charge in [-0.1, -0.05) is 93.3 Å². The summed E-state index contributed by atoms with van der Waals surface area (Å²) in [6, 6.07) is 19.4. The van der Waals surface area contributed by atoms with Crippen LogP contribution in [0, 0.1) is 3.70 Å². The molecule has 0 spiro atoms. The Labute approximate surface area is 311 Å². The van der Waals surface area contributed by atoms with Crippen LogP contribution >= 0.6 is 56.8 Å². The molecule has 1 aliphatic heterocycles. The minimum atomic E-state index is -1.00. The van der Waals surface area contributed by atoms with Crippen LogP contribution in [0.2, 0.25) is 51.4 Å². The van der Waals surface area contributed by atoms with E-state index in [0.717, 1.165) is 32.7 Å². The third-order valence-corrected chi connectivity index (χ3v) is 10.8. The predicted molar refractivity (Wildman–Crippen MR) is 184 cm³/mol. The number of alkyl halides is 1. The molecule has 0 aliphatic carbocycles. The molecule has 0 atom stereocenters. The van der Waals surface area contributed by atoms with Crippen molar-refractivity contribution in [2.45, 2.75) is 64.6 Å². The van der Waals surface area contributed by atoms with Gasteiger partial charge in [-0.05, 0) is 68.9 Å². The number of hydrogen-bond donors (Lipinski definition) is 0. The van der Waals surface area contributed by atoms with Crippen LogP contribution in [-0.4, -0.2) is 54.4 Å². The van der Waals surface area contributed by atoms with Crippen LogP contribution < -0.4 is 51.4 Å². The Balaban J connectivity index is 0.000000589. The number of ether oxygens (including phenoxy) is 2. The fourth-order valence-corrected chi connectivity index (χ4v) is 6.28. The number of rotatable bonds is 9. The van der Waals surface area contributed by atoms with Crippen molar-refractivity contribution in [1.29, 1.82) is 0 Å². The number of nitrogens with zero attached hydrogens (tertiary/aromatic N) is 3. The van der Waals surface area contributed by atoms with E-state index < -0.39 is 16.1 Å². The van der Waals surface area contributed by atoms with Crippen molar-refractivity contribution in [3.63, 3.8) is 0 Å². The zero-order chi connectivity index (χ0) is 27.5. The van der Waals surface area contributed by atoms with Crippen molar-refractivity contribution in [1.82, 2.24) is 9.78 Å². The summed E-state index contributed by atoms with van der Waals surface area (Å²) in [5, 5.41) is 5.71. The van der Waals surface area contributed by atoms with Crippen LogP contribution in [0.5, 0.6) is 0 Å². The molecule has 1 aromatic heterocycles. The monoisotopic (exact) mass is 839 g/mol. The maximum atomic E-state index is 5.75. The first kappa shape index (κ1) is 40.3. The van der Waals surface area contributed by atoms with Gasteiger partial charge in [0.15, 0.2) is 0 Å². The molecule has 0 unspecified atom stereocenters. The Kier molecular flexibility index (Phi) is 20.9. The van der Waals surface area contributed by atoms with E-state index in [-0.39, 0.29) is 56.9 Å². The average molecular weight is 840 g/mol. The molecule has 6 nitrogen and oxygen atoms in total. The quantitative estimate of drug-likeness (QED) is 0.120. The number of fused-ring (bicyclic) bond motifs is 2. The molecule has 3 aromatic rings. The molecule has 0 bridgehead atoms. The summed E-state index contributed by atoms with van der Waals surface area (Å²) < 4.78 is 14.9. The smallest absolute Gasteiger partial charge is 0.870 e. The topological polar surface area (TPSA) is 78.6 Å². The van der Waals surface area contributed by atoms with Gasteiger partial charge in [0.2, 0.25) is 0 Å². The first-order valence-corrected chi connectivity index (χ1v) is 22.6. The van der Waals surface area contributed by atoms with Crippen molar-refractivity contribution in [3.05, 3.63) is 63.4 Å². The maximum absolute atomic E-state index is 5.75. The molecule has 4 rings (SSSR count). The van der Waals surface area contributed by atoms with Crippen LogP contribution in [0.1, 0.15) is 11.1 Å². The van der Waals surface area contributed by atoms with E-state index in [1.807, 2.05) is 16.8 Å². The fraction of sp³-hybridized carbons (Fsp3) is 0.481. The zero-order valence-corrected chi connectivity index (χ0v) is 34.5. The molecular weight excluding hydrogens is 799 g/mol. The number of aliphatic imine (C=N–C) groups is 1. The van der Waals surface area contributed by atoms with E-state index in [1.54, 1.807) is 0 Å². The van der Waals surface area contributed by atoms with Gasteiger partial charge in [0, 0.05) is 40.3 Å². The standard InChI is InChI=1S/C13H19IN2OSi.C8H6IN.C6H15ClOSi.K.H2O/c1-18(2,3)9-8-17-10-16-12-7-5-4-6-11(12)13(14)15-16;9-8-7-4-2-1-3-6(7)5-10-8;1-9(2,3)5-4-8-6-7;;/h4-7H,8-10H2,1-3H3;1-4H,5H2;4-6H2,1-3H3;;1H2/q;;;+1;/p-1. The largest absolute Gasteiger partial charge is 1.00 e. The van der Waals surface area contributed by atoms with Gasteiger partial charge in [0.25, 0.3) is 0 Å². The van der Waals surface area contributed by atoms with Gasteiger partial charge in [-0.2, -0.15) is 5.10 Å². The van der Waals surface area contributed by atoms with Crippen LogP contribution in [0.25, 0.3) is 10.9 Å². The Morgan fingerprint density at radius 2 is 1.44 bits per heavy atom. The molecule has 0 fully saturated rings. The number of hydrogen-bond acceptors (Lipinski definition) is 5. The molecule has 0 amide bonds. The van der Waals surface area contributed by atoms with Crippen LogP contribution in [0.15, 0.2) is 53.5 Å². The second-order valence-electron chi connectivity index (χ2n) is 11.2. The van der Waals surface area contributed by atoms with E-state index in [1.165, 1.54) is 28.6 Å². The second-order valence-corrected chi connectivity index (χ2v) is 24.8. The third-order valence-electron chi connectivity index (χ3n) is 5.52. The third kappa shape index (κ3) is 16.1. The summed E-state index contributed by atoms with van der Waals surface area (Å²) >= 11 is 9.87. The number of aromatic nitrogens is 2. The Morgan fingerprint density at radius 3 is 2.03 bits per heavy atom. The van der Waals surface area contributed by atoms with E-state index >= 15 is 0 Å². The molecule has 39 heavy (non-hydrogen) atoms. The fourth-order valence-electron chi connectivity index (χ4n) is 3.25. The van der Waals surface area contributed by atoms with Gasteiger partial charge in [-0.15, -0.1) is 0 Å². The molecule has 1 aliphatic rings. The summed E-state index contributed by atoms with van der Waals surface area (Å²) in [7, 11) is -1.88. The normalized spacial score (nSPS) is 12.2. The van der Waals surface area contributed by atoms with Crippen LogP contribution in [0.3, 0.4) is 0 Å². The Morgan fingerprint density at radius 1 is 0.872 bits per heavy atom. The van der Waals surface area contributed by atoms with Gasteiger partial charge >= 0.3 is 51.4 Å². The van der Waals surface area contributed by atoms with Crippen molar-refractivity contribution in [2.24, 2.45) is 4.99 Å². The van der Waals surface area contributed by atoms with Gasteiger partial charge in [0.05, 0.1) is 12.1 Å². The van der Waals surface area contributed by atoms with Crippen LogP contribution in [-0.2, 0) is 22.7 Å². The minimum Gasteiger partial charge on any atom is -0.870 e. The zero-order valence-electron chi connectivity index (χ0n) is 24.3. The molecule has 0 saturated carbocycles. The number of halogens is 3. The molecule has 0 saturated heterocycles. The van der Waals surface area contributed by atoms with Gasteiger partial charge in [0.1, 0.15) is 20.2 Å². The average Bonchev–Trinajstić information content (AvgIpc) is 3.37. The van der Waals surface area contributed by atoms with E-state index in [9.17, 15) is 0 Å². The van der Waals surface area contributed by atoms with Gasteiger partial charge in [-0.3, -0.25) is 4.99 Å². The van der Waals surface area contributed by atoms with Crippen molar-refractivity contribution in [3.8, 4) is 0 Å². The molecule has 212 valence electrons. The SMILES string of the molecule is C[Si](C)(C)CCOCCl.C[Si](C)(C)CCOCn1nc(I)c2ccccc21.IC1=NCc2ccccc21.[K+].[OH-]. The number of benzene rings is 2. The Hall–Kier alpha value is 1.28. The molecule has 2 heterocycles. The summed E-state index contributed by atoms with van der Waals surface area (Å²) in [5.41, 5.74) is 3.81. The van der Waals surface area contributed by atoms with E-state index in [4.69, 9.17) is 21.1 Å². The predicted octanol–water partition coefficient (Wildman–Crippen LogP) is 5.70. The first-order valence-electron chi connectivity index (χ1n) is 12.5. The van der Waals surface area contributed by atoms with Crippen molar-refractivity contribution in [2.75, 3.05) is 19.3 Å². The first-order chi connectivity index (χ1) is 17.4. The Bertz CT molecular complexity index is 1160. The van der Waals surface area contributed by atoms with Crippen molar-refractivity contribution < 1.29 is 66.3 Å². The minimum absolute atomic E-state index is 0. The summed E-state index contributed by atoms with van der Waals surface area (Å²) in [6.45, 7) is 17.1. The summed E-state index contributed by atoms with van der Waals surface area (Å²) in [6.07, 6.45) is 0. The molecule has 2 aromatic carbocycles. The molecule has 12 heteroatoms. The molecule has 0 radical (unpaired) electrons. The number of para-hydroxylation sites is 1. The van der Waals surface area contributed by atoms with Gasteiger partial charge in [-0.25, -0.2) is 4.68 Å². The van der Waals surface area contributed by atoms with E-state index in [2.05, 4.69) is 131 Å². The summed E-state index contributed by atoms with van der Waals surface area (Å²) in [5.74, 6) is 0. The maximum Gasteiger partial charge on any atom is 1.00 e. The molecule has 1 N–H and O–H groups in total. The summed E-state index contributed by atoms with van der Waals surface area (Å²) in [4.78, 5) is 4.31.